The fourth-order valence-corrected chi connectivity index (χ4v) is 6.89. The molecule has 1 aromatic heterocycles. The second kappa shape index (κ2) is 5.92. The lowest BCUT2D eigenvalue weighted by atomic mass is 9.88. The molecule has 0 unspecified atom stereocenters. The number of carbonyl (C=O) groups is 1. The molecule has 1 aromatic carbocycles. The zero-order chi connectivity index (χ0) is 18.8. The molecular weight excluding hydrogens is 368 g/mol. The smallest absolute Gasteiger partial charge is 0.291 e. The molecule has 5 rings (SSSR count). The second-order valence-electron chi connectivity index (χ2n) is 7.67. The molecule has 7 nitrogen and oxygen atoms in total. The lowest BCUT2D eigenvalue weighted by molar-refractivity contribution is 0.0731. The van der Waals surface area contributed by atoms with E-state index in [4.69, 9.17) is 4.42 Å². The van der Waals surface area contributed by atoms with Gasteiger partial charge in [-0.15, -0.1) is 0 Å². The van der Waals surface area contributed by atoms with Crippen molar-refractivity contribution in [2.75, 3.05) is 11.9 Å². The molecule has 5 atom stereocenters. The van der Waals surface area contributed by atoms with Gasteiger partial charge in [0.2, 0.25) is 10.0 Å². The third kappa shape index (κ3) is 2.55. The van der Waals surface area contributed by atoms with Crippen molar-refractivity contribution in [3.63, 3.8) is 0 Å². The van der Waals surface area contributed by atoms with Crippen molar-refractivity contribution in [1.82, 2.24) is 4.31 Å². The molecule has 1 saturated heterocycles. The summed E-state index contributed by atoms with van der Waals surface area (Å²) >= 11 is 0. The van der Waals surface area contributed by atoms with Crippen LogP contribution < -0.4 is 5.32 Å². The van der Waals surface area contributed by atoms with E-state index in [1.54, 1.807) is 18.2 Å². The van der Waals surface area contributed by atoms with Gasteiger partial charge >= 0.3 is 0 Å². The van der Waals surface area contributed by atoms with Crippen molar-refractivity contribution < 1.29 is 22.7 Å². The molecule has 3 aliphatic rings. The van der Waals surface area contributed by atoms with E-state index in [9.17, 15) is 18.3 Å². The van der Waals surface area contributed by atoms with Crippen molar-refractivity contribution in [3.05, 3.63) is 48.4 Å². The molecule has 2 aromatic rings. The van der Waals surface area contributed by atoms with E-state index in [0.717, 1.165) is 12.8 Å². The fraction of sp³-hybridized carbons (Fsp3) is 0.421. The zero-order valence-corrected chi connectivity index (χ0v) is 15.3. The van der Waals surface area contributed by atoms with Crippen LogP contribution in [0.2, 0.25) is 0 Å². The summed E-state index contributed by atoms with van der Waals surface area (Å²) in [5.74, 6) is 0.549. The molecule has 0 radical (unpaired) electrons. The summed E-state index contributed by atoms with van der Waals surface area (Å²) in [6.45, 7) is 0.466. The zero-order valence-electron chi connectivity index (χ0n) is 14.5. The number of nitrogens with zero attached hydrogens (tertiary/aromatic N) is 1. The minimum atomic E-state index is -3.75. The predicted molar refractivity (Wildman–Crippen MR) is 96.5 cm³/mol. The molecule has 2 heterocycles. The number of amides is 1. The molecule has 2 saturated carbocycles. The molecule has 1 aliphatic heterocycles. The van der Waals surface area contributed by atoms with Crippen LogP contribution in [0, 0.1) is 17.8 Å². The predicted octanol–water partition coefficient (Wildman–Crippen LogP) is 1.92. The van der Waals surface area contributed by atoms with Crippen LogP contribution in [-0.2, 0) is 10.0 Å². The van der Waals surface area contributed by atoms with Crippen molar-refractivity contribution in [3.8, 4) is 0 Å². The first-order valence-electron chi connectivity index (χ1n) is 9.10. The van der Waals surface area contributed by atoms with Crippen LogP contribution in [-0.4, -0.2) is 42.4 Å². The number of hydrogen-bond donors (Lipinski definition) is 2. The number of rotatable bonds is 4. The van der Waals surface area contributed by atoms with Crippen molar-refractivity contribution in [2.24, 2.45) is 17.8 Å². The molecule has 2 aliphatic carbocycles. The summed E-state index contributed by atoms with van der Waals surface area (Å²) in [7, 11) is -3.75. The van der Waals surface area contributed by atoms with E-state index in [2.05, 4.69) is 5.32 Å². The lowest BCUT2D eigenvalue weighted by Gasteiger charge is -2.28. The maximum atomic E-state index is 13.2. The molecule has 142 valence electrons. The molecular formula is C19H20N2O5S. The van der Waals surface area contributed by atoms with E-state index in [1.165, 1.54) is 28.8 Å². The Morgan fingerprint density at radius 1 is 1.19 bits per heavy atom. The number of furan rings is 1. The standard InChI is InChI=1S/C19H20N2O5S/c22-18-11-7-12-10-21(17(18)15(12)8-11)27(24,25)14-4-1-3-13(9-14)20-19(23)16-5-2-6-26-16/h1-6,9,11-12,15,17-18,22H,7-8,10H2,(H,20,23)/t11-,12-,15+,17-,18-/m0/s1. The van der Waals surface area contributed by atoms with Gasteiger partial charge in [0.05, 0.1) is 23.3 Å². The normalized spacial score (nSPS) is 32.1. The Morgan fingerprint density at radius 2 is 2.04 bits per heavy atom. The molecule has 3 fully saturated rings. The number of aliphatic hydroxyl groups is 1. The number of sulfonamides is 1. The monoisotopic (exact) mass is 388 g/mol. The Labute approximate surface area is 157 Å². The van der Waals surface area contributed by atoms with Gasteiger partial charge in [-0.3, -0.25) is 4.79 Å². The van der Waals surface area contributed by atoms with Gasteiger partial charge < -0.3 is 14.8 Å². The van der Waals surface area contributed by atoms with Crippen LogP contribution in [0.5, 0.6) is 0 Å². The SMILES string of the molecule is O=C(Nc1cccc(S(=O)(=O)N2C[C@@H]3C[C@H]4C[C@H]3[C@H]2[C@H]4O)c1)c1ccco1. The van der Waals surface area contributed by atoms with Crippen LogP contribution in [0.15, 0.2) is 52.0 Å². The second-order valence-corrected chi connectivity index (χ2v) is 9.56. The lowest BCUT2D eigenvalue weighted by Crippen LogP contribution is -2.43. The summed E-state index contributed by atoms with van der Waals surface area (Å²) in [4.78, 5) is 12.3. The van der Waals surface area contributed by atoms with Crippen molar-refractivity contribution >= 4 is 21.6 Å². The highest BCUT2D eigenvalue weighted by atomic mass is 32.2. The number of carbonyl (C=O) groups excluding carboxylic acids is 1. The first-order chi connectivity index (χ1) is 12.9. The van der Waals surface area contributed by atoms with Crippen LogP contribution >= 0.6 is 0 Å². The van der Waals surface area contributed by atoms with Crippen LogP contribution in [0.4, 0.5) is 5.69 Å². The topological polar surface area (TPSA) is 99.9 Å². The Bertz CT molecular complexity index is 985. The van der Waals surface area contributed by atoms with Gasteiger partial charge in [-0.25, -0.2) is 8.42 Å². The van der Waals surface area contributed by atoms with E-state index in [-0.39, 0.29) is 28.5 Å². The minimum Gasteiger partial charge on any atom is -0.459 e. The Balaban J connectivity index is 1.42. The van der Waals surface area contributed by atoms with Crippen molar-refractivity contribution in [1.29, 1.82) is 0 Å². The summed E-state index contributed by atoms with van der Waals surface area (Å²) in [6.07, 6.45) is 2.65. The first kappa shape index (κ1) is 17.0. The molecule has 27 heavy (non-hydrogen) atoms. The Hall–Kier alpha value is -2.16. The Kier molecular flexibility index (Phi) is 3.72. The first-order valence-corrected chi connectivity index (χ1v) is 10.5. The highest BCUT2D eigenvalue weighted by Gasteiger charge is 2.61. The van der Waals surface area contributed by atoms with Gasteiger partial charge in [0.1, 0.15) is 0 Å². The number of nitrogens with one attached hydrogen (secondary N) is 1. The number of benzene rings is 1. The number of hydrogen-bond acceptors (Lipinski definition) is 5. The van der Waals surface area contributed by atoms with Gasteiger partial charge in [0, 0.05) is 12.2 Å². The number of anilines is 1. The Morgan fingerprint density at radius 3 is 2.78 bits per heavy atom. The number of aliphatic hydroxyl groups excluding tert-OH is 1. The van der Waals surface area contributed by atoms with Gasteiger partial charge in [-0.05, 0) is 60.9 Å². The van der Waals surface area contributed by atoms with Crippen LogP contribution in [0.3, 0.4) is 0 Å². The molecule has 2 N–H and O–H groups in total. The van der Waals surface area contributed by atoms with Gasteiger partial charge in [-0.1, -0.05) is 6.07 Å². The number of fused-ring (bicyclic) bond motifs is 1. The molecule has 8 heteroatoms. The van der Waals surface area contributed by atoms with Gasteiger partial charge in [0.25, 0.3) is 5.91 Å². The summed E-state index contributed by atoms with van der Waals surface area (Å²) in [6, 6.07) is 9.04. The third-order valence-electron chi connectivity index (χ3n) is 6.25. The molecule has 1 amide bonds. The fourth-order valence-electron chi connectivity index (χ4n) is 5.11. The third-order valence-corrected chi connectivity index (χ3v) is 8.11. The average molecular weight is 388 g/mol. The van der Waals surface area contributed by atoms with Gasteiger partial charge in [-0.2, -0.15) is 4.31 Å². The molecule has 0 spiro atoms. The molecule has 2 bridgehead atoms. The maximum absolute atomic E-state index is 13.2. The highest BCUT2D eigenvalue weighted by molar-refractivity contribution is 7.89. The van der Waals surface area contributed by atoms with Crippen molar-refractivity contribution in [2.45, 2.75) is 29.9 Å². The van der Waals surface area contributed by atoms with E-state index in [1.807, 2.05) is 0 Å². The minimum absolute atomic E-state index is 0.122. The quantitative estimate of drug-likeness (QED) is 0.834. The van der Waals surface area contributed by atoms with Crippen LogP contribution in [0.25, 0.3) is 0 Å². The summed E-state index contributed by atoms with van der Waals surface area (Å²) < 4.78 is 33.0. The average Bonchev–Trinajstić information content (AvgIpc) is 3.38. The van der Waals surface area contributed by atoms with Gasteiger partial charge in [0.15, 0.2) is 5.76 Å². The van der Waals surface area contributed by atoms with E-state index >= 15 is 0 Å². The maximum Gasteiger partial charge on any atom is 0.291 e. The largest absolute Gasteiger partial charge is 0.459 e. The van der Waals surface area contributed by atoms with E-state index in [0.29, 0.717) is 18.2 Å². The van der Waals surface area contributed by atoms with Crippen LogP contribution in [0.1, 0.15) is 23.4 Å². The summed E-state index contributed by atoms with van der Waals surface area (Å²) in [5, 5.41) is 13.1. The highest BCUT2D eigenvalue weighted by Crippen LogP contribution is 2.56. The van der Waals surface area contributed by atoms with E-state index < -0.39 is 22.0 Å². The summed E-state index contributed by atoms with van der Waals surface area (Å²) in [5.41, 5.74) is 0.379.